The second kappa shape index (κ2) is 9.09. The summed E-state index contributed by atoms with van der Waals surface area (Å²) in [5, 5.41) is 4.33. The fourth-order valence-corrected chi connectivity index (χ4v) is 3.21. The van der Waals surface area contributed by atoms with E-state index < -0.39 is 0 Å². The molecule has 6 nitrogen and oxygen atoms in total. The number of nitrogens with zero attached hydrogens (tertiary/aromatic N) is 2. The molecule has 0 fully saturated rings. The van der Waals surface area contributed by atoms with Gasteiger partial charge in [-0.15, -0.1) is 0 Å². The molecular formula is C20H19FN4O2S. The van der Waals surface area contributed by atoms with Gasteiger partial charge in [-0.2, -0.15) is 5.10 Å². The van der Waals surface area contributed by atoms with Crippen molar-refractivity contribution in [1.82, 2.24) is 10.4 Å². The summed E-state index contributed by atoms with van der Waals surface area (Å²) in [5.74, 6) is 0.0731. The van der Waals surface area contributed by atoms with Gasteiger partial charge in [0.05, 0.1) is 11.9 Å². The van der Waals surface area contributed by atoms with Crippen LogP contribution in [0.3, 0.4) is 0 Å². The number of ether oxygens (including phenoxy) is 1. The van der Waals surface area contributed by atoms with E-state index in [4.69, 9.17) is 10.5 Å². The molecule has 0 aliphatic carbocycles. The van der Waals surface area contributed by atoms with Gasteiger partial charge >= 0.3 is 0 Å². The number of aryl methyl sites for hydroxylation is 1. The van der Waals surface area contributed by atoms with E-state index in [1.165, 1.54) is 18.3 Å². The molecule has 1 aromatic heterocycles. The minimum atomic E-state index is -0.332. The number of halogens is 1. The van der Waals surface area contributed by atoms with Crippen LogP contribution in [-0.4, -0.2) is 17.1 Å². The number of nitrogens with one attached hydrogen (secondary N) is 1. The van der Waals surface area contributed by atoms with E-state index in [1.54, 1.807) is 24.3 Å². The molecule has 0 saturated carbocycles. The average Bonchev–Trinajstić information content (AvgIpc) is 3.09. The van der Waals surface area contributed by atoms with Gasteiger partial charge in [0.1, 0.15) is 23.1 Å². The van der Waals surface area contributed by atoms with Gasteiger partial charge < -0.3 is 10.5 Å². The molecule has 8 heteroatoms. The lowest BCUT2D eigenvalue weighted by molar-refractivity contribution is 0.0958. The zero-order valence-corrected chi connectivity index (χ0v) is 16.0. The Morgan fingerprint density at radius 3 is 2.64 bits per heavy atom. The zero-order valence-electron chi connectivity index (χ0n) is 15.2. The molecule has 0 spiro atoms. The first-order valence-electron chi connectivity index (χ1n) is 8.61. The molecule has 3 rings (SSSR count). The highest BCUT2D eigenvalue weighted by molar-refractivity contribution is 7.17. The number of nitrogen functional groups attached to an aromatic ring is 1. The molecule has 28 heavy (non-hydrogen) atoms. The normalized spacial score (nSPS) is 10.9. The zero-order chi connectivity index (χ0) is 19.9. The third-order valence-electron chi connectivity index (χ3n) is 3.83. The van der Waals surface area contributed by atoms with E-state index in [0.29, 0.717) is 34.5 Å². The standard InChI is InChI=1S/C20H19FN4O2S/c1-2-17-18(28-20(22)24-17)19(26)25-23-11-13-5-9-16(10-6-13)27-12-14-3-7-15(21)8-4-14/h3-11H,2,12H2,1H3,(H2,22,24)(H,25,26)/b23-11-. The number of rotatable bonds is 7. The lowest BCUT2D eigenvalue weighted by Crippen LogP contribution is -2.17. The summed E-state index contributed by atoms with van der Waals surface area (Å²) >= 11 is 1.14. The Labute approximate surface area is 165 Å². The van der Waals surface area contributed by atoms with Crippen molar-refractivity contribution in [3.8, 4) is 5.75 Å². The first kappa shape index (κ1) is 19.5. The number of aromatic nitrogens is 1. The average molecular weight is 398 g/mol. The van der Waals surface area contributed by atoms with E-state index in [1.807, 2.05) is 19.1 Å². The van der Waals surface area contributed by atoms with Crippen molar-refractivity contribution in [2.24, 2.45) is 5.10 Å². The molecule has 0 radical (unpaired) electrons. The largest absolute Gasteiger partial charge is 0.489 e. The second-order valence-electron chi connectivity index (χ2n) is 5.86. The Balaban J connectivity index is 1.53. The van der Waals surface area contributed by atoms with E-state index in [0.717, 1.165) is 22.5 Å². The third-order valence-corrected chi connectivity index (χ3v) is 4.76. The first-order valence-corrected chi connectivity index (χ1v) is 9.42. The SMILES string of the molecule is CCc1nc(N)sc1C(=O)N/N=C\c1ccc(OCc2ccc(F)cc2)cc1. The van der Waals surface area contributed by atoms with Crippen molar-refractivity contribution >= 4 is 28.6 Å². The van der Waals surface area contributed by atoms with Crippen LogP contribution in [0.25, 0.3) is 0 Å². The molecule has 0 bridgehead atoms. The number of nitrogens with two attached hydrogens (primary N) is 1. The van der Waals surface area contributed by atoms with E-state index >= 15 is 0 Å². The van der Waals surface area contributed by atoms with E-state index in [2.05, 4.69) is 15.5 Å². The summed E-state index contributed by atoms with van der Waals surface area (Å²) in [6.07, 6.45) is 2.16. The number of amides is 1. The third kappa shape index (κ3) is 5.14. The molecule has 144 valence electrons. The number of hydrogen-bond acceptors (Lipinski definition) is 6. The van der Waals surface area contributed by atoms with Crippen molar-refractivity contribution in [2.75, 3.05) is 5.73 Å². The molecule has 0 aliphatic heterocycles. The highest BCUT2D eigenvalue weighted by Gasteiger charge is 2.15. The van der Waals surface area contributed by atoms with Gasteiger partial charge in [0.2, 0.25) is 0 Å². The number of carbonyl (C=O) groups is 1. The molecule has 0 unspecified atom stereocenters. The number of carbonyl (C=O) groups excluding carboxylic acids is 1. The lowest BCUT2D eigenvalue weighted by atomic mass is 10.2. The number of hydrogen-bond donors (Lipinski definition) is 2. The predicted molar refractivity (Wildman–Crippen MR) is 108 cm³/mol. The monoisotopic (exact) mass is 398 g/mol. The van der Waals surface area contributed by atoms with Crippen LogP contribution >= 0.6 is 11.3 Å². The van der Waals surface area contributed by atoms with Crippen molar-refractivity contribution < 1.29 is 13.9 Å². The minimum Gasteiger partial charge on any atom is -0.489 e. The maximum absolute atomic E-state index is 12.9. The van der Waals surface area contributed by atoms with E-state index in [9.17, 15) is 9.18 Å². The van der Waals surface area contributed by atoms with Gasteiger partial charge in [-0.25, -0.2) is 14.8 Å². The smallest absolute Gasteiger partial charge is 0.283 e. The van der Waals surface area contributed by atoms with Crippen LogP contribution in [0.15, 0.2) is 53.6 Å². The molecule has 1 amide bonds. The van der Waals surface area contributed by atoms with Gasteiger partial charge in [-0.1, -0.05) is 30.4 Å². The summed E-state index contributed by atoms with van der Waals surface area (Å²) in [5.41, 5.74) is 10.5. The molecule has 1 heterocycles. The van der Waals surface area contributed by atoms with Crippen LogP contribution < -0.4 is 15.9 Å². The van der Waals surface area contributed by atoms with Gasteiger partial charge in [0.15, 0.2) is 5.13 Å². The van der Waals surface area contributed by atoms with Crippen molar-refractivity contribution in [2.45, 2.75) is 20.0 Å². The fraction of sp³-hybridized carbons (Fsp3) is 0.150. The Hall–Kier alpha value is -3.26. The summed E-state index contributed by atoms with van der Waals surface area (Å²) in [6.45, 7) is 2.26. The van der Waals surface area contributed by atoms with Crippen molar-refractivity contribution in [1.29, 1.82) is 0 Å². The van der Waals surface area contributed by atoms with Crippen LogP contribution in [0.4, 0.5) is 9.52 Å². The number of anilines is 1. The second-order valence-corrected chi connectivity index (χ2v) is 6.90. The van der Waals surface area contributed by atoms with Gasteiger partial charge in [0.25, 0.3) is 5.91 Å². The molecular weight excluding hydrogens is 379 g/mol. The number of thiazole rings is 1. The van der Waals surface area contributed by atoms with Crippen LogP contribution in [-0.2, 0) is 13.0 Å². The molecule has 3 aromatic rings. The lowest BCUT2D eigenvalue weighted by Gasteiger charge is -2.06. The maximum Gasteiger partial charge on any atom is 0.283 e. The van der Waals surface area contributed by atoms with Gasteiger partial charge in [0, 0.05) is 0 Å². The van der Waals surface area contributed by atoms with Crippen molar-refractivity contribution in [3.63, 3.8) is 0 Å². The minimum absolute atomic E-state index is 0.274. The molecule has 0 aliphatic rings. The predicted octanol–water partition coefficient (Wildman–Crippen LogP) is 3.77. The van der Waals surface area contributed by atoms with Crippen LogP contribution in [0.5, 0.6) is 5.75 Å². The first-order chi connectivity index (χ1) is 13.5. The number of hydrazone groups is 1. The van der Waals surface area contributed by atoms with Gasteiger partial charge in [-0.3, -0.25) is 4.79 Å². The van der Waals surface area contributed by atoms with Crippen LogP contribution in [0.2, 0.25) is 0 Å². The Morgan fingerprint density at radius 1 is 1.25 bits per heavy atom. The molecule has 0 atom stereocenters. The summed E-state index contributed by atoms with van der Waals surface area (Å²) in [6, 6.07) is 13.4. The molecule has 0 saturated heterocycles. The van der Waals surface area contributed by atoms with Crippen LogP contribution in [0.1, 0.15) is 33.4 Å². The van der Waals surface area contributed by atoms with Gasteiger partial charge in [-0.05, 0) is 53.9 Å². The topological polar surface area (TPSA) is 89.6 Å². The highest BCUT2D eigenvalue weighted by atomic mass is 32.1. The fourth-order valence-electron chi connectivity index (χ4n) is 2.40. The van der Waals surface area contributed by atoms with Crippen LogP contribution in [0, 0.1) is 5.82 Å². The summed E-state index contributed by atoms with van der Waals surface area (Å²) < 4.78 is 18.6. The molecule has 2 aromatic carbocycles. The quantitative estimate of drug-likeness (QED) is 0.468. The van der Waals surface area contributed by atoms with E-state index in [-0.39, 0.29) is 11.7 Å². The molecule has 3 N–H and O–H groups in total. The summed E-state index contributed by atoms with van der Waals surface area (Å²) in [7, 11) is 0. The highest BCUT2D eigenvalue weighted by Crippen LogP contribution is 2.20. The Bertz CT molecular complexity index is 969. The Kier molecular flexibility index (Phi) is 6.33. The Morgan fingerprint density at radius 2 is 1.96 bits per heavy atom. The summed E-state index contributed by atoms with van der Waals surface area (Å²) in [4.78, 5) is 16.8. The number of benzene rings is 2. The maximum atomic E-state index is 12.9. The van der Waals surface area contributed by atoms with Crippen molar-refractivity contribution in [3.05, 3.63) is 76.0 Å².